The molecule has 108 valence electrons. The summed E-state index contributed by atoms with van der Waals surface area (Å²) in [7, 11) is 0. The van der Waals surface area contributed by atoms with Crippen LogP contribution in [0.25, 0.3) is 0 Å². The molecule has 1 aliphatic rings. The number of hydrogen-bond acceptors (Lipinski definition) is 2. The van der Waals surface area contributed by atoms with Crippen LogP contribution < -0.4 is 10.6 Å². The van der Waals surface area contributed by atoms with Gasteiger partial charge in [0, 0.05) is 16.7 Å². The molecule has 0 aromatic heterocycles. The van der Waals surface area contributed by atoms with Crippen LogP contribution in [0.2, 0.25) is 5.02 Å². The molecule has 0 bridgehead atoms. The van der Waals surface area contributed by atoms with E-state index in [-0.39, 0.29) is 11.8 Å². The Morgan fingerprint density at radius 2 is 2.10 bits per heavy atom. The normalized spacial score (nSPS) is 17.1. The summed E-state index contributed by atoms with van der Waals surface area (Å²) in [6, 6.07) is 13.7. The molecule has 1 amide bonds. The van der Waals surface area contributed by atoms with Crippen molar-refractivity contribution in [3.63, 3.8) is 0 Å². The van der Waals surface area contributed by atoms with Gasteiger partial charge in [0.2, 0.25) is 5.91 Å². The van der Waals surface area contributed by atoms with E-state index in [1.807, 2.05) is 36.4 Å². The third-order valence-electron chi connectivity index (χ3n) is 3.60. The fraction of sp³-hybridized carbons (Fsp3) is 0.188. The lowest BCUT2D eigenvalue weighted by atomic mass is 9.90. The number of carbonyl (C=O) groups is 1. The van der Waals surface area contributed by atoms with Gasteiger partial charge in [0.05, 0.1) is 16.6 Å². The number of hydrogen-bond donors (Lipinski definition) is 2. The standard InChI is InChI=1S/C16H14ClIN2O/c17-14-7-11(18)5-6-15(14)20-16(21)13-9-19-8-10-3-1-2-4-12(10)13/h1-7,13,19H,8-9H2,(H,20,21). The van der Waals surface area contributed by atoms with Gasteiger partial charge in [-0.2, -0.15) is 0 Å². The first-order valence-electron chi connectivity index (χ1n) is 6.69. The Kier molecular flexibility index (Phi) is 4.47. The highest BCUT2D eigenvalue weighted by Crippen LogP contribution is 2.28. The third-order valence-corrected chi connectivity index (χ3v) is 4.58. The maximum absolute atomic E-state index is 12.6. The maximum Gasteiger partial charge on any atom is 0.233 e. The SMILES string of the molecule is O=C(Nc1ccc(I)cc1Cl)C1CNCc2ccccc21. The minimum Gasteiger partial charge on any atom is -0.324 e. The van der Waals surface area contributed by atoms with Gasteiger partial charge in [-0.15, -0.1) is 0 Å². The molecular formula is C16H14ClIN2O. The molecule has 21 heavy (non-hydrogen) atoms. The molecule has 1 atom stereocenters. The van der Waals surface area contributed by atoms with Crippen molar-refractivity contribution in [1.82, 2.24) is 5.32 Å². The third kappa shape index (κ3) is 3.22. The van der Waals surface area contributed by atoms with Crippen LogP contribution >= 0.6 is 34.2 Å². The first-order valence-corrected chi connectivity index (χ1v) is 8.15. The molecule has 1 heterocycles. The largest absolute Gasteiger partial charge is 0.324 e. The van der Waals surface area contributed by atoms with Crippen LogP contribution in [0, 0.1) is 3.57 Å². The fourth-order valence-corrected chi connectivity index (χ4v) is 3.44. The summed E-state index contributed by atoms with van der Waals surface area (Å²) in [5.74, 6) is -0.219. The lowest BCUT2D eigenvalue weighted by Gasteiger charge is -2.25. The van der Waals surface area contributed by atoms with Crippen molar-refractivity contribution in [3.05, 3.63) is 62.2 Å². The molecule has 3 rings (SSSR count). The molecule has 1 unspecified atom stereocenters. The fourth-order valence-electron chi connectivity index (χ4n) is 2.54. The van der Waals surface area contributed by atoms with E-state index in [4.69, 9.17) is 11.6 Å². The van der Waals surface area contributed by atoms with Crippen LogP contribution in [0.4, 0.5) is 5.69 Å². The molecule has 0 spiro atoms. The topological polar surface area (TPSA) is 41.1 Å². The van der Waals surface area contributed by atoms with E-state index in [9.17, 15) is 4.79 Å². The highest BCUT2D eigenvalue weighted by atomic mass is 127. The van der Waals surface area contributed by atoms with Gasteiger partial charge in [-0.05, 0) is 51.9 Å². The lowest BCUT2D eigenvalue weighted by Crippen LogP contribution is -2.35. The van der Waals surface area contributed by atoms with E-state index in [0.29, 0.717) is 17.3 Å². The van der Waals surface area contributed by atoms with Crippen molar-refractivity contribution < 1.29 is 4.79 Å². The molecule has 2 aromatic carbocycles. The lowest BCUT2D eigenvalue weighted by molar-refractivity contribution is -0.117. The van der Waals surface area contributed by atoms with Crippen LogP contribution in [0.3, 0.4) is 0 Å². The number of carbonyl (C=O) groups excluding carboxylic acids is 1. The Morgan fingerprint density at radius 3 is 2.90 bits per heavy atom. The van der Waals surface area contributed by atoms with Crippen LogP contribution in [0.1, 0.15) is 17.0 Å². The number of halogens is 2. The molecule has 2 N–H and O–H groups in total. The van der Waals surface area contributed by atoms with Crippen molar-refractivity contribution in [2.75, 3.05) is 11.9 Å². The molecule has 0 aliphatic carbocycles. The van der Waals surface area contributed by atoms with Crippen molar-refractivity contribution in [2.45, 2.75) is 12.5 Å². The number of rotatable bonds is 2. The second kappa shape index (κ2) is 6.34. The van der Waals surface area contributed by atoms with E-state index in [1.54, 1.807) is 0 Å². The average molecular weight is 413 g/mol. The summed E-state index contributed by atoms with van der Waals surface area (Å²) in [6.45, 7) is 1.45. The molecular weight excluding hydrogens is 399 g/mol. The van der Waals surface area contributed by atoms with Crippen molar-refractivity contribution >= 4 is 45.8 Å². The summed E-state index contributed by atoms with van der Waals surface area (Å²) in [4.78, 5) is 12.6. The zero-order chi connectivity index (χ0) is 14.8. The van der Waals surface area contributed by atoms with E-state index in [1.165, 1.54) is 5.56 Å². The van der Waals surface area contributed by atoms with Gasteiger partial charge in [-0.25, -0.2) is 0 Å². The average Bonchev–Trinajstić information content (AvgIpc) is 2.49. The maximum atomic E-state index is 12.6. The summed E-state index contributed by atoms with van der Waals surface area (Å²) in [5.41, 5.74) is 2.93. The highest BCUT2D eigenvalue weighted by molar-refractivity contribution is 14.1. The zero-order valence-corrected chi connectivity index (χ0v) is 14.1. The van der Waals surface area contributed by atoms with Crippen molar-refractivity contribution in [2.24, 2.45) is 0 Å². The Labute approximate surface area is 142 Å². The molecule has 3 nitrogen and oxygen atoms in total. The molecule has 5 heteroatoms. The summed E-state index contributed by atoms with van der Waals surface area (Å²) < 4.78 is 1.04. The number of amides is 1. The van der Waals surface area contributed by atoms with Crippen LogP contribution in [-0.2, 0) is 11.3 Å². The van der Waals surface area contributed by atoms with Crippen molar-refractivity contribution in [3.8, 4) is 0 Å². The summed E-state index contributed by atoms with van der Waals surface area (Å²) in [6.07, 6.45) is 0. The van der Waals surface area contributed by atoms with E-state index in [2.05, 4.69) is 39.3 Å². The summed E-state index contributed by atoms with van der Waals surface area (Å²) in [5, 5.41) is 6.78. The predicted octanol–water partition coefficient (Wildman–Crippen LogP) is 3.77. The minimum absolute atomic E-state index is 0.0299. The van der Waals surface area contributed by atoms with Crippen LogP contribution in [0.5, 0.6) is 0 Å². The molecule has 1 aliphatic heterocycles. The second-order valence-corrected chi connectivity index (χ2v) is 6.65. The van der Waals surface area contributed by atoms with Crippen molar-refractivity contribution in [1.29, 1.82) is 0 Å². The van der Waals surface area contributed by atoms with E-state index < -0.39 is 0 Å². The van der Waals surface area contributed by atoms with E-state index in [0.717, 1.165) is 15.7 Å². The predicted molar refractivity (Wildman–Crippen MR) is 93.7 cm³/mol. The number of nitrogens with one attached hydrogen (secondary N) is 2. The Hall–Kier alpha value is -1.11. The van der Waals surface area contributed by atoms with Gasteiger partial charge in [0.15, 0.2) is 0 Å². The van der Waals surface area contributed by atoms with Crippen LogP contribution in [-0.4, -0.2) is 12.5 Å². The van der Waals surface area contributed by atoms with Crippen LogP contribution in [0.15, 0.2) is 42.5 Å². The minimum atomic E-state index is -0.190. The second-order valence-electron chi connectivity index (χ2n) is 5.00. The summed E-state index contributed by atoms with van der Waals surface area (Å²) >= 11 is 8.37. The quantitative estimate of drug-likeness (QED) is 0.737. The van der Waals surface area contributed by atoms with E-state index >= 15 is 0 Å². The molecule has 0 fully saturated rings. The smallest absolute Gasteiger partial charge is 0.233 e. The Morgan fingerprint density at radius 1 is 1.29 bits per heavy atom. The molecule has 0 saturated carbocycles. The number of fused-ring (bicyclic) bond motifs is 1. The first-order chi connectivity index (χ1) is 10.1. The number of anilines is 1. The molecule has 0 saturated heterocycles. The van der Waals surface area contributed by atoms with Gasteiger partial charge in [-0.1, -0.05) is 35.9 Å². The van der Waals surface area contributed by atoms with Gasteiger partial charge in [0.25, 0.3) is 0 Å². The zero-order valence-electron chi connectivity index (χ0n) is 11.2. The van der Waals surface area contributed by atoms with Gasteiger partial charge < -0.3 is 10.6 Å². The van der Waals surface area contributed by atoms with Gasteiger partial charge in [0.1, 0.15) is 0 Å². The molecule has 0 radical (unpaired) electrons. The Balaban J connectivity index is 1.83. The monoisotopic (exact) mass is 412 g/mol. The van der Waals surface area contributed by atoms with Gasteiger partial charge >= 0.3 is 0 Å². The number of benzene rings is 2. The first kappa shape index (κ1) is 14.8. The highest BCUT2D eigenvalue weighted by Gasteiger charge is 2.26. The van der Waals surface area contributed by atoms with Gasteiger partial charge in [-0.3, -0.25) is 4.79 Å². The molecule has 2 aromatic rings. The Bertz CT molecular complexity index is 690.